The third-order valence-electron chi connectivity index (χ3n) is 2.81. The second kappa shape index (κ2) is 6.33. The molecule has 1 heterocycles. The highest BCUT2D eigenvalue weighted by Gasteiger charge is 2.25. The summed E-state index contributed by atoms with van der Waals surface area (Å²) < 4.78 is 5.53. The molecule has 15 heavy (non-hydrogen) atoms. The fraction of sp³-hybridized carbons (Fsp3) is 0.909. The van der Waals surface area contributed by atoms with Gasteiger partial charge in [0.2, 0.25) is 5.91 Å². The first-order valence-electron chi connectivity index (χ1n) is 5.65. The zero-order valence-corrected chi connectivity index (χ0v) is 10.3. The zero-order valence-electron chi connectivity index (χ0n) is 9.54. The average Bonchev–Trinajstić information content (AvgIpc) is 2.28. The lowest BCUT2D eigenvalue weighted by Gasteiger charge is -2.33. The second-order valence-corrected chi connectivity index (χ2v) is 4.34. The summed E-state index contributed by atoms with van der Waals surface area (Å²) in [6.45, 7) is 6.27. The van der Waals surface area contributed by atoms with Gasteiger partial charge < -0.3 is 9.64 Å². The molecule has 0 aliphatic carbocycles. The van der Waals surface area contributed by atoms with Crippen LogP contribution in [0.3, 0.4) is 0 Å². The molecule has 1 unspecified atom stereocenters. The molecule has 0 radical (unpaired) electrons. The zero-order chi connectivity index (χ0) is 11.3. The van der Waals surface area contributed by atoms with Gasteiger partial charge in [-0.2, -0.15) is 0 Å². The molecular weight excluding hydrogens is 214 g/mol. The normalized spacial score (nSPS) is 20.3. The van der Waals surface area contributed by atoms with E-state index in [0.717, 1.165) is 32.5 Å². The minimum Gasteiger partial charge on any atom is -0.378 e. The predicted octanol–water partition coefficient (Wildman–Crippen LogP) is 1.89. The van der Waals surface area contributed by atoms with Gasteiger partial charge in [-0.15, -0.1) is 11.6 Å². The van der Waals surface area contributed by atoms with Crippen molar-refractivity contribution < 1.29 is 9.53 Å². The highest BCUT2D eigenvalue weighted by Crippen LogP contribution is 2.16. The Morgan fingerprint density at radius 1 is 1.53 bits per heavy atom. The van der Waals surface area contributed by atoms with Crippen LogP contribution in [-0.2, 0) is 9.53 Å². The van der Waals surface area contributed by atoms with Crippen molar-refractivity contribution >= 4 is 17.5 Å². The van der Waals surface area contributed by atoms with Crippen LogP contribution in [0, 0.1) is 5.92 Å². The van der Waals surface area contributed by atoms with Crippen LogP contribution in [0.25, 0.3) is 0 Å². The summed E-state index contributed by atoms with van der Waals surface area (Å²) in [5, 5.41) is 0. The second-order valence-electron chi connectivity index (χ2n) is 4.04. The molecule has 0 N–H and O–H groups in total. The number of hydrogen-bond donors (Lipinski definition) is 0. The van der Waals surface area contributed by atoms with E-state index in [1.165, 1.54) is 0 Å². The Kier molecular flexibility index (Phi) is 5.40. The van der Waals surface area contributed by atoms with Gasteiger partial charge in [0.25, 0.3) is 0 Å². The standard InChI is InChI=1S/C11H20ClNO2/c1-3-15-10-4-6-13(7-5-10)11(14)9(2)8-12/h9-10H,3-8H2,1-2H3. The van der Waals surface area contributed by atoms with Crippen molar-refractivity contribution in [1.29, 1.82) is 0 Å². The fourth-order valence-electron chi connectivity index (χ4n) is 1.86. The number of carbonyl (C=O) groups excluding carboxylic acids is 1. The van der Waals surface area contributed by atoms with Gasteiger partial charge >= 0.3 is 0 Å². The predicted molar refractivity (Wildman–Crippen MR) is 61.1 cm³/mol. The molecule has 88 valence electrons. The van der Waals surface area contributed by atoms with Gasteiger partial charge in [0, 0.05) is 31.5 Å². The topological polar surface area (TPSA) is 29.5 Å². The number of likely N-dealkylation sites (tertiary alicyclic amines) is 1. The minimum atomic E-state index is -0.0599. The SMILES string of the molecule is CCOC1CCN(C(=O)C(C)CCl)CC1. The molecule has 1 rings (SSSR count). The summed E-state index contributed by atoms with van der Waals surface area (Å²) in [5.41, 5.74) is 0. The number of piperidine rings is 1. The van der Waals surface area contributed by atoms with Gasteiger partial charge in [0.05, 0.1) is 6.10 Å². The van der Waals surface area contributed by atoms with Crippen molar-refractivity contribution in [2.45, 2.75) is 32.8 Å². The molecular formula is C11H20ClNO2. The molecule has 0 aromatic heterocycles. The average molecular weight is 234 g/mol. The van der Waals surface area contributed by atoms with Crippen LogP contribution >= 0.6 is 11.6 Å². The lowest BCUT2D eigenvalue weighted by Crippen LogP contribution is -2.43. The van der Waals surface area contributed by atoms with Crippen LogP contribution in [0.5, 0.6) is 0 Å². The Hall–Kier alpha value is -0.280. The van der Waals surface area contributed by atoms with Crippen molar-refractivity contribution in [3.05, 3.63) is 0 Å². The van der Waals surface area contributed by atoms with Crippen LogP contribution in [0.4, 0.5) is 0 Å². The monoisotopic (exact) mass is 233 g/mol. The molecule has 0 aromatic rings. The fourth-order valence-corrected chi connectivity index (χ4v) is 1.99. The molecule has 0 spiro atoms. The van der Waals surface area contributed by atoms with Crippen molar-refractivity contribution in [2.24, 2.45) is 5.92 Å². The van der Waals surface area contributed by atoms with E-state index in [4.69, 9.17) is 16.3 Å². The molecule has 1 aliphatic heterocycles. The highest BCUT2D eigenvalue weighted by atomic mass is 35.5. The van der Waals surface area contributed by atoms with Crippen molar-refractivity contribution in [1.82, 2.24) is 4.90 Å². The third-order valence-corrected chi connectivity index (χ3v) is 3.27. The van der Waals surface area contributed by atoms with Crippen molar-refractivity contribution in [3.8, 4) is 0 Å². The molecule has 1 amide bonds. The summed E-state index contributed by atoms with van der Waals surface area (Å²) in [6, 6.07) is 0. The Balaban J connectivity index is 2.33. The summed E-state index contributed by atoms with van der Waals surface area (Å²) in [7, 11) is 0. The van der Waals surface area contributed by atoms with E-state index in [2.05, 4.69) is 0 Å². The minimum absolute atomic E-state index is 0.0599. The molecule has 1 aliphatic rings. The lowest BCUT2D eigenvalue weighted by molar-refractivity contribution is -0.136. The number of halogens is 1. The number of carbonyl (C=O) groups is 1. The molecule has 1 atom stereocenters. The van der Waals surface area contributed by atoms with E-state index in [0.29, 0.717) is 12.0 Å². The lowest BCUT2D eigenvalue weighted by atomic mass is 10.1. The first-order chi connectivity index (χ1) is 7.19. The van der Waals surface area contributed by atoms with Gasteiger partial charge in [-0.05, 0) is 19.8 Å². The van der Waals surface area contributed by atoms with E-state index in [9.17, 15) is 4.79 Å². The van der Waals surface area contributed by atoms with E-state index < -0.39 is 0 Å². The summed E-state index contributed by atoms with van der Waals surface area (Å²) in [4.78, 5) is 13.7. The number of alkyl halides is 1. The number of amides is 1. The van der Waals surface area contributed by atoms with Crippen LogP contribution in [-0.4, -0.2) is 42.5 Å². The Morgan fingerprint density at radius 2 is 2.13 bits per heavy atom. The maximum Gasteiger partial charge on any atom is 0.226 e. The van der Waals surface area contributed by atoms with Crippen molar-refractivity contribution in [3.63, 3.8) is 0 Å². The van der Waals surface area contributed by atoms with E-state index >= 15 is 0 Å². The third kappa shape index (κ3) is 3.65. The molecule has 3 nitrogen and oxygen atoms in total. The molecule has 0 aromatic carbocycles. The van der Waals surface area contributed by atoms with E-state index in [1.54, 1.807) is 0 Å². The number of ether oxygens (including phenoxy) is 1. The quantitative estimate of drug-likeness (QED) is 0.694. The molecule has 0 saturated carbocycles. The van der Waals surface area contributed by atoms with Gasteiger partial charge in [0.15, 0.2) is 0 Å². The van der Waals surface area contributed by atoms with Gasteiger partial charge in [-0.3, -0.25) is 4.79 Å². The maximum atomic E-state index is 11.8. The first kappa shape index (κ1) is 12.8. The smallest absolute Gasteiger partial charge is 0.226 e. The summed E-state index contributed by atoms with van der Waals surface area (Å²) in [5.74, 6) is 0.528. The number of hydrogen-bond acceptors (Lipinski definition) is 2. The summed E-state index contributed by atoms with van der Waals surface area (Å²) in [6.07, 6.45) is 2.24. The van der Waals surface area contributed by atoms with Crippen molar-refractivity contribution in [2.75, 3.05) is 25.6 Å². The summed E-state index contributed by atoms with van der Waals surface area (Å²) >= 11 is 5.67. The van der Waals surface area contributed by atoms with Crippen LogP contribution < -0.4 is 0 Å². The highest BCUT2D eigenvalue weighted by molar-refractivity contribution is 6.19. The van der Waals surface area contributed by atoms with E-state index in [-0.39, 0.29) is 11.8 Å². The maximum absolute atomic E-state index is 11.8. The largest absolute Gasteiger partial charge is 0.378 e. The van der Waals surface area contributed by atoms with Gasteiger partial charge in [-0.1, -0.05) is 6.92 Å². The molecule has 4 heteroatoms. The van der Waals surface area contributed by atoms with Crippen LogP contribution in [0.15, 0.2) is 0 Å². The van der Waals surface area contributed by atoms with E-state index in [1.807, 2.05) is 18.7 Å². The Bertz CT molecular complexity index is 203. The van der Waals surface area contributed by atoms with Crippen LogP contribution in [0.2, 0.25) is 0 Å². The number of rotatable bonds is 4. The Morgan fingerprint density at radius 3 is 2.60 bits per heavy atom. The number of nitrogens with zero attached hydrogens (tertiary/aromatic N) is 1. The van der Waals surface area contributed by atoms with Gasteiger partial charge in [0.1, 0.15) is 0 Å². The molecule has 1 saturated heterocycles. The Labute approximate surface area is 96.7 Å². The first-order valence-corrected chi connectivity index (χ1v) is 6.18. The van der Waals surface area contributed by atoms with Gasteiger partial charge in [-0.25, -0.2) is 0 Å². The molecule has 0 bridgehead atoms. The van der Waals surface area contributed by atoms with Crippen LogP contribution in [0.1, 0.15) is 26.7 Å². The molecule has 1 fully saturated rings.